The second-order valence-electron chi connectivity index (χ2n) is 10.7. The highest BCUT2D eigenvalue weighted by molar-refractivity contribution is 5.86. The molecule has 0 spiro atoms. The number of carbonyl (C=O) groups is 1. The summed E-state index contributed by atoms with van der Waals surface area (Å²) in [5.41, 5.74) is -0.172. The van der Waals surface area contributed by atoms with E-state index in [9.17, 15) is 22.4 Å². The van der Waals surface area contributed by atoms with Crippen LogP contribution in [0.4, 0.5) is 17.6 Å². The summed E-state index contributed by atoms with van der Waals surface area (Å²) < 4.78 is 59.0. The number of alkyl halides is 3. The number of piperidine rings is 1. The summed E-state index contributed by atoms with van der Waals surface area (Å²) in [7, 11) is 0. The van der Waals surface area contributed by atoms with Crippen LogP contribution in [0.2, 0.25) is 0 Å². The average molecular weight is 521 g/mol. The number of rotatable bonds is 6. The van der Waals surface area contributed by atoms with Crippen LogP contribution in [0.25, 0.3) is 0 Å². The second kappa shape index (κ2) is 11.1. The van der Waals surface area contributed by atoms with E-state index in [4.69, 9.17) is 4.74 Å². The van der Waals surface area contributed by atoms with Crippen molar-refractivity contribution in [3.63, 3.8) is 0 Å². The number of carbonyl (C=O) groups excluding carboxylic acids is 1. The van der Waals surface area contributed by atoms with E-state index in [1.807, 2.05) is 26.0 Å². The zero-order valence-corrected chi connectivity index (χ0v) is 21.7. The van der Waals surface area contributed by atoms with Crippen LogP contribution < -0.4 is 5.32 Å². The Kier molecular flexibility index (Phi) is 8.29. The van der Waals surface area contributed by atoms with Crippen LogP contribution >= 0.6 is 0 Å². The molecule has 0 aromatic heterocycles. The molecule has 2 aromatic carbocycles. The number of nitrogens with one attached hydrogen (secondary N) is 1. The van der Waals surface area contributed by atoms with Crippen LogP contribution in [0.5, 0.6) is 0 Å². The first-order valence-electron chi connectivity index (χ1n) is 13.1. The first kappa shape index (κ1) is 27.6. The second-order valence-corrected chi connectivity index (χ2v) is 10.7. The van der Waals surface area contributed by atoms with Gasteiger partial charge in [0, 0.05) is 6.04 Å². The van der Waals surface area contributed by atoms with Crippen molar-refractivity contribution >= 4 is 5.91 Å². The molecule has 2 fully saturated rings. The van der Waals surface area contributed by atoms with Gasteiger partial charge in [-0.1, -0.05) is 38.1 Å². The third-order valence-electron chi connectivity index (χ3n) is 8.15. The lowest BCUT2D eigenvalue weighted by molar-refractivity contribution is -0.170. The molecule has 1 N–H and O–H groups in total. The smallest absolute Gasteiger partial charge is 0.363 e. The van der Waals surface area contributed by atoms with Gasteiger partial charge in [0.25, 0.3) is 5.91 Å². The topological polar surface area (TPSA) is 41.6 Å². The summed E-state index contributed by atoms with van der Waals surface area (Å²) in [6, 6.07) is 11.5. The molecule has 4 nitrogen and oxygen atoms in total. The molecule has 2 heterocycles. The SMILES string of the molecule is CC(C)[C@]1(C(=O)N[C@H](C)c2cccc(C(F)(F)F)c2)CC[C@@H](N2CCC(c3ccc(F)cc3)CC2)CO1. The maximum absolute atomic E-state index is 13.4. The van der Waals surface area contributed by atoms with E-state index in [-0.39, 0.29) is 23.7 Å². The summed E-state index contributed by atoms with van der Waals surface area (Å²) in [4.78, 5) is 15.9. The van der Waals surface area contributed by atoms with Crippen molar-refractivity contribution < 1.29 is 27.1 Å². The first-order valence-corrected chi connectivity index (χ1v) is 13.1. The van der Waals surface area contributed by atoms with E-state index < -0.39 is 23.4 Å². The van der Waals surface area contributed by atoms with Crippen LogP contribution in [0.15, 0.2) is 48.5 Å². The van der Waals surface area contributed by atoms with E-state index in [0.29, 0.717) is 24.5 Å². The Labute approximate surface area is 216 Å². The van der Waals surface area contributed by atoms with Crippen molar-refractivity contribution in [2.45, 2.75) is 76.2 Å². The van der Waals surface area contributed by atoms with Crippen LogP contribution in [0, 0.1) is 11.7 Å². The predicted octanol–water partition coefficient (Wildman–Crippen LogP) is 6.48. The minimum Gasteiger partial charge on any atom is -0.363 e. The maximum Gasteiger partial charge on any atom is 0.416 e. The van der Waals surface area contributed by atoms with Crippen LogP contribution in [0.3, 0.4) is 0 Å². The number of halogens is 4. The Morgan fingerprint density at radius 1 is 1.05 bits per heavy atom. The molecule has 1 amide bonds. The maximum atomic E-state index is 13.4. The van der Waals surface area contributed by atoms with Gasteiger partial charge in [-0.05, 0) is 92.9 Å². The molecule has 3 atom stereocenters. The van der Waals surface area contributed by atoms with Crippen molar-refractivity contribution in [2.75, 3.05) is 19.7 Å². The fourth-order valence-corrected chi connectivity index (χ4v) is 5.69. The molecule has 0 aliphatic carbocycles. The molecule has 37 heavy (non-hydrogen) atoms. The fourth-order valence-electron chi connectivity index (χ4n) is 5.69. The number of ether oxygens (including phenoxy) is 1. The lowest BCUT2D eigenvalue weighted by Crippen LogP contribution is -2.59. The minimum atomic E-state index is -4.44. The Morgan fingerprint density at radius 3 is 2.30 bits per heavy atom. The Balaban J connectivity index is 1.35. The molecule has 2 aliphatic heterocycles. The van der Waals surface area contributed by atoms with Crippen LogP contribution in [-0.4, -0.2) is 42.1 Å². The van der Waals surface area contributed by atoms with E-state index >= 15 is 0 Å². The standard InChI is InChI=1S/C29H36F4N2O2/c1-19(2)28(27(36)34-20(3)23-5-4-6-24(17-23)29(31,32)33)14-11-26(18-37-28)35-15-12-22(13-16-35)21-7-9-25(30)10-8-21/h4-10,17,19-20,22,26H,11-16,18H2,1-3H3,(H,34,36)/t20-,26-,28+/m1/s1. The van der Waals surface area contributed by atoms with Crippen molar-refractivity contribution in [1.82, 2.24) is 10.2 Å². The zero-order chi connectivity index (χ0) is 26.8. The van der Waals surface area contributed by atoms with Gasteiger partial charge in [0.1, 0.15) is 11.4 Å². The summed E-state index contributed by atoms with van der Waals surface area (Å²) >= 11 is 0. The number of likely N-dealkylation sites (tertiary alicyclic amines) is 1. The molecule has 2 aromatic rings. The average Bonchev–Trinajstić information content (AvgIpc) is 2.88. The normalized spacial score (nSPS) is 24.7. The Morgan fingerprint density at radius 2 is 1.73 bits per heavy atom. The summed E-state index contributed by atoms with van der Waals surface area (Å²) in [6.07, 6.45) is -1.09. The van der Waals surface area contributed by atoms with Gasteiger partial charge in [-0.3, -0.25) is 9.69 Å². The van der Waals surface area contributed by atoms with Crippen molar-refractivity contribution in [3.05, 3.63) is 71.0 Å². The molecular weight excluding hydrogens is 484 g/mol. The highest BCUT2D eigenvalue weighted by atomic mass is 19.4. The molecule has 0 saturated carbocycles. The van der Waals surface area contributed by atoms with Crippen LogP contribution in [0.1, 0.15) is 75.1 Å². The lowest BCUT2D eigenvalue weighted by Gasteiger charge is -2.46. The van der Waals surface area contributed by atoms with E-state index in [0.717, 1.165) is 44.5 Å². The van der Waals surface area contributed by atoms with E-state index in [1.54, 1.807) is 13.0 Å². The number of benzene rings is 2. The molecule has 2 aliphatic rings. The number of nitrogens with zero attached hydrogens (tertiary/aromatic N) is 1. The third kappa shape index (κ3) is 6.17. The number of amides is 1. The molecular formula is C29H36F4N2O2. The van der Waals surface area contributed by atoms with Gasteiger partial charge >= 0.3 is 6.18 Å². The monoisotopic (exact) mass is 520 g/mol. The molecule has 4 rings (SSSR count). The highest BCUT2D eigenvalue weighted by Crippen LogP contribution is 2.37. The van der Waals surface area contributed by atoms with Gasteiger partial charge in [0.15, 0.2) is 0 Å². The largest absolute Gasteiger partial charge is 0.416 e. The Hall–Kier alpha value is -2.45. The van der Waals surface area contributed by atoms with Gasteiger partial charge in [-0.15, -0.1) is 0 Å². The van der Waals surface area contributed by atoms with Crippen molar-refractivity contribution in [1.29, 1.82) is 0 Å². The first-order chi connectivity index (χ1) is 17.5. The third-order valence-corrected chi connectivity index (χ3v) is 8.15. The van der Waals surface area contributed by atoms with Crippen molar-refractivity contribution in [3.8, 4) is 0 Å². The minimum absolute atomic E-state index is 0.0913. The van der Waals surface area contributed by atoms with Gasteiger partial charge in [-0.25, -0.2) is 4.39 Å². The molecule has 8 heteroatoms. The predicted molar refractivity (Wildman–Crippen MR) is 134 cm³/mol. The molecule has 0 radical (unpaired) electrons. The van der Waals surface area contributed by atoms with Gasteiger partial charge in [0.05, 0.1) is 18.2 Å². The molecule has 0 bridgehead atoms. The molecule has 2 saturated heterocycles. The number of hydrogen-bond acceptors (Lipinski definition) is 3. The summed E-state index contributed by atoms with van der Waals surface area (Å²) in [5, 5.41) is 2.92. The highest BCUT2D eigenvalue weighted by Gasteiger charge is 2.47. The summed E-state index contributed by atoms with van der Waals surface area (Å²) in [6.45, 7) is 7.86. The van der Waals surface area contributed by atoms with Crippen molar-refractivity contribution in [2.24, 2.45) is 5.92 Å². The molecule has 202 valence electrons. The fraction of sp³-hybridized carbons (Fsp3) is 0.552. The lowest BCUT2D eigenvalue weighted by atomic mass is 9.80. The van der Waals surface area contributed by atoms with Gasteiger partial charge < -0.3 is 10.1 Å². The van der Waals surface area contributed by atoms with E-state index in [1.165, 1.54) is 23.8 Å². The summed E-state index contributed by atoms with van der Waals surface area (Å²) in [5.74, 6) is -0.172. The van der Waals surface area contributed by atoms with Crippen LogP contribution in [-0.2, 0) is 15.7 Å². The zero-order valence-electron chi connectivity index (χ0n) is 21.7. The Bertz CT molecular complexity index is 1050. The quantitative estimate of drug-likeness (QED) is 0.444. The van der Waals surface area contributed by atoms with E-state index in [2.05, 4.69) is 10.2 Å². The van der Waals surface area contributed by atoms with Gasteiger partial charge in [-0.2, -0.15) is 13.2 Å². The number of hydrogen-bond donors (Lipinski definition) is 1. The van der Waals surface area contributed by atoms with Gasteiger partial charge in [0.2, 0.25) is 0 Å². The molecule has 0 unspecified atom stereocenters.